The number of halogens is 1. The van der Waals surface area contributed by atoms with Crippen LogP contribution in [0.4, 0.5) is 0 Å². The summed E-state index contributed by atoms with van der Waals surface area (Å²) in [5.41, 5.74) is 0.829. The van der Waals surface area contributed by atoms with E-state index in [1.165, 1.54) is 6.07 Å². The van der Waals surface area contributed by atoms with Crippen LogP contribution in [0, 0.1) is 6.92 Å². The Morgan fingerprint density at radius 2 is 2.06 bits per heavy atom. The smallest absolute Gasteiger partial charge is 0.250 e. The third kappa shape index (κ3) is 3.25. The molecule has 0 amide bonds. The van der Waals surface area contributed by atoms with Crippen LogP contribution < -0.4 is 4.72 Å². The van der Waals surface area contributed by atoms with Gasteiger partial charge < -0.3 is 10.2 Å². The average Bonchev–Trinajstić information content (AvgIpc) is 2.56. The Kier molecular flexibility index (Phi) is 4.89. The van der Waals surface area contributed by atoms with E-state index in [0.29, 0.717) is 0 Å². The van der Waals surface area contributed by atoms with Gasteiger partial charge in [0, 0.05) is 0 Å². The minimum Gasteiger partial charge on any atom is -0.395 e. The second kappa shape index (κ2) is 5.56. The first-order valence-electron chi connectivity index (χ1n) is 4.40. The SMILES string of the molecule is Cc1cc(S(=O)(=O)NC(CO)CO)sc1Br. The van der Waals surface area contributed by atoms with Crippen LogP contribution in [-0.2, 0) is 10.0 Å². The van der Waals surface area contributed by atoms with Crippen LogP contribution in [0.2, 0.25) is 0 Å². The van der Waals surface area contributed by atoms with Crippen LogP contribution in [0.3, 0.4) is 0 Å². The van der Waals surface area contributed by atoms with E-state index in [9.17, 15) is 8.42 Å². The van der Waals surface area contributed by atoms with Crippen molar-refractivity contribution in [2.24, 2.45) is 0 Å². The fourth-order valence-electron chi connectivity index (χ4n) is 0.974. The second-order valence-electron chi connectivity index (χ2n) is 3.21. The summed E-state index contributed by atoms with van der Waals surface area (Å²) in [5.74, 6) is 0. The summed E-state index contributed by atoms with van der Waals surface area (Å²) in [6, 6.07) is 0.661. The normalized spacial score (nSPS) is 12.3. The number of aryl methyl sites for hydroxylation is 1. The molecule has 16 heavy (non-hydrogen) atoms. The highest BCUT2D eigenvalue weighted by atomic mass is 79.9. The van der Waals surface area contributed by atoms with E-state index in [1.807, 2.05) is 0 Å². The van der Waals surface area contributed by atoms with E-state index < -0.39 is 29.3 Å². The number of rotatable bonds is 5. The maximum Gasteiger partial charge on any atom is 0.250 e. The van der Waals surface area contributed by atoms with Crippen LogP contribution in [0.15, 0.2) is 14.1 Å². The van der Waals surface area contributed by atoms with E-state index >= 15 is 0 Å². The molecule has 1 rings (SSSR count). The first-order chi connectivity index (χ1) is 7.40. The lowest BCUT2D eigenvalue weighted by molar-refractivity contribution is 0.185. The molecule has 0 spiro atoms. The van der Waals surface area contributed by atoms with Crippen molar-refractivity contribution in [3.8, 4) is 0 Å². The Balaban J connectivity index is 2.94. The lowest BCUT2D eigenvalue weighted by Gasteiger charge is -2.12. The summed E-state index contributed by atoms with van der Waals surface area (Å²) in [5, 5.41) is 17.6. The summed E-state index contributed by atoms with van der Waals surface area (Å²) in [7, 11) is -3.67. The van der Waals surface area contributed by atoms with Crippen LogP contribution in [-0.4, -0.2) is 37.9 Å². The van der Waals surface area contributed by atoms with Crippen molar-refractivity contribution in [1.29, 1.82) is 0 Å². The van der Waals surface area contributed by atoms with Gasteiger partial charge in [-0.15, -0.1) is 11.3 Å². The van der Waals surface area contributed by atoms with Crippen LogP contribution in [0.1, 0.15) is 5.56 Å². The van der Waals surface area contributed by atoms with Gasteiger partial charge in [-0.2, -0.15) is 0 Å². The van der Waals surface area contributed by atoms with E-state index in [0.717, 1.165) is 20.7 Å². The Bertz CT molecular complexity index is 433. The summed E-state index contributed by atoms with van der Waals surface area (Å²) in [4.78, 5) is 0. The van der Waals surface area contributed by atoms with Crippen molar-refractivity contribution in [2.45, 2.75) is 17.2 Å². The molecule has 3 N–H and O–H groups in total. The molecule has 0 saturated heterocycles. The topological polar surface area (TPSA) is 86.6 Å². The standard InChI is InChI=1S/C8H12BrNO4S2/c1-5-2-7(15-8(5)9)16(13,14)10-6(3-11)4-12/h2,6,10-12H,3-4H2,1H3. The van der Waals surface area contributed by atoms with Crippen molar-refractivity contribution in [3.05, 3.63) is 15.4 Å². The number of hydrogen-bond donors (Lipinski definition) is 3. The van der Waals surface area contributed by atoms with Gasteiger partial charge in [-0.05, 0) is 34.5 Å². The fraction of sp³-hybridized carbons (Fsp3) is 0.500. The largest absolute Gasteiger partial charge is 0.395 e. The molecule has 8 heteroatoms. The van der Waals surface area contributed by atoms with Gasteiger partial charge in [0.2, 0.25) is 0 Å². The van der Waals surface area contributed by atoms with Gasteiger partial charge >= 0.3 is 0 Å². The number of aliphatic hydroxyl groups is 2. The predicted octanol–water partition coefficient (Wildman–Crippen LogP) is 0.451. The Labute approximate surface area is 106 Å². The van der Waals surface area contributed by atoms with Gasteiger partial charge in [0.05, 0.1) is 23.0 Å². The summed E-state index contributed by atoms with van der Waals surface area (Å²) < 4.78 is 26.7. The predicted molar refractivity (Wildman–Crippen MR) is 65.0 cm³/mol. The summed E-state index contributed by atoms with van der Waals surface area (Å²) in [6.07, 6.45) is 0. The molecule has 92 valence electrons. The first kappa shape index (κ1) is 14.1. The van der Waals surface area contributed by atoms with Gasteiger partial charge in [-0.1, -0.05) is 0 Å². The molecule has 0 fully saturated rings. The van der Waals surface area contributed by atoms with E-state index in [1.54, 1.807) is 6.92 Å². The highest BCUT2D eigenvalue weighted by Gasteiger charge is 2.21. The van der Waals surface area contributed by atoms with Gasteiger partial charge in [0.15, 0.2) is 0 Å². The summed E-state index contributed by atoms with van der Waals surface area (Å²) in [6.45, 7) is 0.900. The maximum atomic E-state index is 11.8. The fourth-order valence-corrected chi connectivity index (χ4v) is 4.43. The zero-order valence-corrected chi connectivity index (χ0v) is 11.7. The van der Waals surface area contributed by atoms with Crippen molar-refractivity contribution in [1.82, 2.24) is 4.72 Å². The molecular formula is C8H12BrNO4S2. The molecule has 0 aliphatic carbocycles. The molecule has 0 unspecified atom stereocenters. The zero-order chi connectivity index (χ0) is 12.3. The molecule has 0 atom stereocenters. The number of thiophene rings is 1. The number of hydrogen-bond acceptors (Lipinski definition) is 5. The van der Waals surface area contributed by atoms with Crippen LogP contribution in [0.5, 0.6) is 0 Å². The van der Waals surface area contributed by atoms with E-state index in [2.05, 4.69) is 20.7 Å². The summed E-state index contributed by atoms with van der Waals surface area (Å²) >= 11 is 4.32. The molecule has 1 aromatic rings. The highest BCUT2D eigenvalue weighted by molar-refractivity contribution is 9.11. The van der Waals surface area contributed by atoms with Crippen LogP contribution >= 0.6 is 27.3 Å². The highest BCUT2D eigenvalue weighted by Crippen LogP contribution is 2.30. The van der Waals surface area contributed by atoms with Gasteiger partial charge in [0.25, 0.3) is 10.0 Å². The van der Waals surface area contributed by atoms with E-state index in [-0.39, 0.29) is 4.21 Å². The Morgan fingerprint density at radius 3 is 2.44 bits per heavy atom. The molecule has 0 aliphatic rings. The molecule has 5 nitrogen and oxygen atoms in total. The average molecular weight is 330 g/mol. The van der Waals surface area contributed by atoms with Gasteiger partial charge in [-0.25, -0.2) is 13.1 Å². The molecule has 0 aliphatic heterocycles. The lowest BCUT2D eigenvalue weighted by Crippen LogP contribution is -2.39. The van der Waals surface area contributed by atoms with Crippen molar-refractivity contribution in [3.63, 3.8) is 0 Å². The number of nitrogens with one attached hydrogen (secondary N) is 1. The molecule has 0 bridgehead atoms. The molecular weight excluding hydrogens is 318 g/mol. The minimum absolute atomic E-state index is 0.156. The molecule has 1 heterocycles. The Hall–Kier alpha value is 0.01000. The van der Waals surface area contributed by atoms with Gasteiger partial charge in [0.1, 0.15) is 4.21 Å². The third-order valence-electron chi connectivity index (χ3n) is 1.86. The Morgan fingerprint density at radius 1 is 1.50 bits per heavy atom. The molecule has 0 saturated carbocycles. The monoisotopic (exact) mass is 329 g/mol. The maximum absolute atomic E-state index is 11.8. The van der Waals surface area contributed by atoms with Crippen LogP contribution in [0.25, 0.3) is 0 Å². The molecule has 0 aromatic carbocycles. The van der Waals surface area contributed by atoms with Crippen molar-refractivity contribution >= 4 is 37.3 Å². The van der Waals surface area contributed by atoms with Crippen molar-refractivity contribution < 1.29 is 18.6 Å². The molecule has 0 radical (unpaired) electrons. The molecule has 1 aromatic heterocycles. The van der Waals surface area contributed by atoms with Crippen molar-refractivity contribution in [2.75, 3.05) is 13.2 Å². The lowest BCUT2D eigenvalue weighted by atomic mass is 10.4. The number of sulfonamides is 1. The van der Waals surface area contributed by atoms with Gasteiger partial charge in [-0.3, -0.25) is 0 Å². The zero-order valence-electron chi connectivity index (χ0n) is 8.47. The first-order valence-corrected chi connectivity index (χ1v) is 7.50. The van der Waals surface area contributed by atoms with E-state index in [4.69, 9.17) is 10.2 Å². The quantitative estimate of drug-likeness (QED) is 0.732. The third-order valence-corrected chi connectivity index (χ3v) is 5.99. The second-order valence-corrected chi connectivity index (χ2v) is 7.52. The minimum atomic E-state index is -3.67. The number of aliphatic hydroxyl groups excluding tert-OH is 2.